The second kappa shape index (κ2) is 9.36. The summed E-state index contributed by atoms with van der Waals surface area (Å²) in [7, 11) is 0. The number of ether oxygens (including phenoxy) is 1. The number of aromatic nitrogens is 3. The molecule has 0 unspecified atom stereocenters. The highest BCUT2D eigenvalue weighted by atomic mass is 32.2. The summed E-state index contributed by atoms with van der Waals surface area (Å²) in [6, 6.07) is 13.0. The fourth-order valence-corrected chi connectivity index (χ4v) is 4.94. The zero-order valence-corrected chi connectivity index (χ0v) is 19.5. The van der Waals surface area contributed by atoms with Gasteiger partial charge in [-0.25, -0.2) is 15.0 Å². The van der Waals surface area contributed by atoms with Crippen molar-refractivity contribution < 1.29 is 4.74 Å². The van der Waals surface area contributed by atoms with Gasteiger partial charge in [0.2, 0.25) is 5.88 Å². The first-order valence-corrected chi connectivity index (χ1v) is 12.6. The van der Waals surface area contributed by atoms with E-state index in [1.54, 1.807) is 18.1 Å². The Morgan fingerprint density at radius 2 is 1.88 bits per heavy atom. The summed E-state index contributed by atoms with van der Waals surface area (Å²) in [5.41, 5.74) is 3.89. The maximum atomic E-state index is 6.27. The highest BCUT2D eigenvalue weighted by Gasteiger charge is 2.24. The highest BCUT2D eigenvalue weighted by Crippen LogP contribution is 2.36. The molecular formula is C25H29N5OS. The molecular weight excluding hydrogens is 418 g/mol. The Kier molecular flexibility index (Phi) is 6.17. The molecule has 0 N–H and O–H groups in total. The Morgan fingerprint density at radius 1 is 1.00 bits per heavy atom. The van der Waals surface area contributed by atoms with E-state index < -0.39 is 0 Å². The molecule has 3 aromatic rings. The molecule has 0 atom stereocenters. The Bertz CT molecular complexity index is 1070. The maximum Gasteiger partial charge on any atom is 0.218 e. The molecule has 2 aliphatic heterocycles. The van der Waals surface area contributed by atoms with Crippen LogP contribution in [0.3, 0.4) is 0 Å². The minimum Gasteiger partial charge on any atom is -0.474 e. The van der Waals surface area contributed by atoms with E-state index in [2.05, 4.69) is 68.3 Å². The quantitative estimate of drug-likeness (QED) is 0.498. The van der Waals surface area contributed by atoms with Crippen LogP contribution in [0.15, 0.2) is 53.8 Å². The average Bonchev–Trinajstić information content (AvgIpc) is 3.28. The molecule has 1 fully saturated rings. The summed E-state index contributed by atoms with van der Waals surface area (Å²) in [5, 5.41) is 0. The van der Waals surface area contributed by atoms with Crippen LogP contribution in [0.1, 0.15) is 30.9 Å². The third kappa shape index (κ3) is 4.39. The van der Waals surface area contributed by atoms with Crippen LogP contribution in [0, 0.1) is 0 Å². The van der Waals surface area contributed by atoms with Crippen LogP contribution in [0.2, 0.25) is 0 Å². The molecule has 5 rings (SSSR count). The second-order valence-corrected chi connectivity index (χ2v) is 9.17. The van der Waals surface area contributed by atoms with E-state index in [9.17, 15) is 0 Å². The summed E-state index contributed by atoms with van der Waals surface area (Å²) in [5.74, 6) is 2.62. The molecule has 0 spiro atoms. The van der Waals surface area contributed by atoms with Crippen molar-refractivity contribution in [2.24, 2.45) is 0 Å². The van der Waals surface area contributed by atoms with Gasteiger partial charge in [-0.15, -0.1) is 11.8 Å². The van der Waals surface area contributed by atoms with E-state index >= 15 is 0 Å². The molecule has 0 bridgehead atoms. The van der Waals surface area contributed by atoms with Gasteiger partial charge >= 0.3 is 0 Å². The van der Waals surface area contributed by atoms with E-state index in [4.69, 9.17) is 4.74 Å². The number of benzene rings is 1. The van der Waals surface area contributed by atoms with Crippen LogP contribution in [-0.2, 0) is 12.8 Å². The molecule has 0 radical (unpaired) electrons. The molecule has 2 aliphatic rings. The van der Waals surface area contributed by atoms with Crippen molar-refractivity contribution in [3.05, 3.63) is 60.0 Å². The number of hydrogen-bond donors (Lipinski definition) is 0. The lowest BCUT2D eigenvalue weighted by Gasteiger charge is -2.32. The minimum atomic E-state index is 0.166. The van der Waals surface area contributed by atoms with E-state index in [1.165, 1.54) is 21.7 Å². The number of hydrogen-bond acceptors (Lipinski definition) is 7. The summed E-state index contributed by atoms with van der Waals surface area (Å²) >= 11 is 1.78. The highest BCUT2D eigenvalue weighted by molar-refractivity contribution is 7.98. The number of thioether (sulfide) groups is 1. The van der Waals surface area contributed by atoms with Crippen LogP contribution < -0.4 is 14.5 Å². The Labute approximate surface area is 194 Å². The number of fused-ring (bicyclic) bond motifs is 1. The number of nitrogens with zero attached hydrogens (tertiary/aromatic N) is 5. The molecule has 2 aromatic heterocycles. The first kappa shape index (κ1) is 21.1. The predicted molar refractivity (Wildman–Crippen MR) is 130 cm³/mol. The molecule has 0 amide bonds. The molecule has 32 heavy (non-hydrogen) atoms. The second-order valence-electron chi connectivity index (χ2n) is 8.29. The fourth-order valence-electron chi connectivity index (χ4n) is 4.47. The van der Waals surface area contributed by atoms with Gasteiger partial charge in [0.1, 0.15) is 24.1 Å². The van der Waals surface area contributed by atoms with Crippen LogP contribution in [0.5, 0.6) is 5.88 Å². The lowest BCUT2D eigenvalue weighted by molar-refractivity contribution is 0.163. The number of aryl methyl sites for hydroxylation is 1. The van der Waals surface area contributed by atoms with E-state index in [1.807, 2.05) is 12.3 Å². The van der Waals surface area contributed by atoms with Crippen molar-refractivity contribution in [2.75, 3.05) is 35.7 Å². The van der Waals surface area contributed by atoms with Crippen molar-refractivity contribution in [2.45, 2.75) is 43.6 Å². The molecule has 0 saturated carbocycles. The smallest absolute Gasteiger partial charge is 0.218 e. The Morgan fingerprint density at radius 3 is 2.62 bits per heavy atom. The third-order valence-corrected chi connectivity index (χ3v) is 7.08. The topological polar surface area (TPSA) is 54.4 Å². The van der Waals surface area contributed by atoms with Gasteiger partial charge in [0.05, 0.1) is 0 Å². The van der Waals surface area contributed by atoms with Crippen molar-refractivity contribution >= 4 is 29.1 Å². The number of rotatable bonds is 6. The Hall–Kier alpha value is -2.80. The maximum absolute atomic E-state index is 6.27. The zero-order valence-electron chi connectivity index (χ0n) is 18.7. The molecule has 4 heterocycles. The van der Waals surface area contributed by atoms with Gasteiger partial charge in [-0.3, -0.25) is 0 Å². The van der Waals surface area contributed by atoms with Gasteiger partial charge < -0.3 is 14.5 Å². The number of pyridine rings is 1. The first-order valence-electron chi connectivity index (χ1n) is 11.4. The lowest BCUT2D eigenvalue weighted by atomic mass is 10.1. The van der Waals surface area contributed by atoms with Gasteiger partial charge in [0, 0.05) is 55.3 Å². The predicted octanol–water partition coefficient (Wildman–Crippen LogP) is 4.90. The van der Waals surface area contributed by atoms with E-state index in [0.717, 1.165) is 57.0 Å². The van der Waals surface area contributed by atoms with Crippen LogP contribution in [0.4, 0.5) is 17.3 Å². The van der Waals surface area contributed by atoms with Gasteiger partial charge in [-0.05, 0) is 54.5 Å². The van der Waals surface area contributed by atoms with Crippen molar-refractivity contribution in [3.63, 3.8) is 0 Å². The SMILES string of the molecule is CCc1ccc(N2CCC(Oc3cc(N4CCc5cc(SC)ccc54)ncn3)CC2)nc1. The summed E-state index contributed by atoms with van der Waals surface area (Å²) in [4.78, 5) is 19.5. The lowest BCUT2D eigenvalue weighted by Crippen LogP contribution is -2.38. The monoisotopic (exact) mass is 447 g/mol. The molecule has 6 nitrogen and oxygen atoms in total. The molecule has 1 saturated heterocycles. The number of anilines is 3. The van der Waals surface area contributed by atoms with Gasteiger partial charge in [-0.1, -0.05) is 13.0 Å². The largest absolute Gasteiger partial charge is 0.474 e. The summed E-state index contributed by atoms with van der Waals surface area (Å²) in [6.07, 6.45) is 9.86. The minimum absolute atomic E-state index is 0.166. The third-order valence-electron chi connectivity index (χ3n) is 6.36. The average molecular weight is 448 g/mol. The number of piperidine rings is 1. The Balaban J connectivity index is 1.22. The van der Waals surface area contributed by atoms with Crippen LogP contribution in [0.25, 0.3) is 0 Å². The molecule has 166 valence electrons. The van der Waals surface area contributed by atoms with Crippen LogP contribution in [-0.4, -0.2) is 46.9 Å². The van der Waals surface area contributed by atoms with Gasteiger partial charge in [0.25, 0.3) is 0 Å². The zero-order chi connectivity index (χ0) is 21.9. The standard InChI is InChI=1S/C25H29N5OS/c1-3-18-4-7-23(26-16-18)29-11-9-20(10-12-29)31-25-15-24(27-17-28-25)30-13-8-19-14-21(32-2)5-6-22(19)30/h4-7,14-17,20H,3,8-13H2,1-2H3. The van der Waals surface area contributed by atoms with Crippen molar-refractivity contribution in [1.82, 2.24) is 15.0 Å². The van der Waals surface area contributed by atoms with Crippen molar-refractivity contribution in [1.29, 1.82) is 0 Å². The first-order chi connectivity index (χ1) is 15.7. The fraction of sp³-hybridized carbons (Fsp3) is 0.400. The van der Waals surface area contributed by atoms with Gasteiger partial charge in [-0.2, -0.15) is 0 Å². The summed E-state index contributed by atoms with van der Waals surface area (Å²) in [6.45, 7) is 4.98. The van der Waals surface area contributed by atoms with E-state index in [0.29, 0.717) is 5.88 Å². The van der Waals surface area contributed by atoms with E-state index in [-0.39, 0.29) is 6.10 Å². The summed E-state index contributed by atoms with van der Waals surface area (Å²) < 4.78 is 6.27. The molecule has 7 heteroatoms. The van der Waals surface area contributed by atoms with Crippen LogP contribution >= 0.6 is 11.8 Å². The molecule has 1 aromatic carbocycles. The molecule has 0 aliphatic carbocycles. The normalized spacial score (nSPS) is 16.3. The van der Waals surface area contributed by atoms with Gasteiger partial charge in [0.15, 0.2) is 0 Å². The van der Waals surface area contributed by atoms with Crippen molar-refractivity contribution in [3.8, 4) is 5.88 Å².